The van der Waals surface area contributed by atoms with Crippen LogP contribution in [0.1, 0.15) is 47.8 Å². The van der Waals surface area contributed by atoms with Crippen molar-refractivity contribution in [3.8, 4) is 5.69 Å². The average Bonchev–Trinajstić information content (AvgIpc) is 3.25. The molecule has 0 aliphatic carbocycles. The van der Waals surface area contributed by atoms with Crippen LogP contribution in [0.4, 0.5) is 0 Å². The summed E-state index contributed by atoms with van der Waals surface area (Å²) in [7, 11) is 3.82. The van der Waals surface area contributed by atoms with Crippen molar-refractivity contribution in [2.24, 2.45) is 12.0 Å². The van der Waals surface area contributed by atoms with Crippen LogP contribution in [0.3, 0.4) is 0 Å². The molecular weight excluding hydrogens is 501 g/mol. The summed E-state index contributed by atoms with van der Waals surface area (Å²) >= 11 is 0. The van der Waals surface area contributed by atoms with E-state index in [0.717, 1.165) is 47.1 Å². The third kappa shape index (κ3) is 5.66. The van der Waals surface area contributed by atoms with Crippen LogP contribution in [0.2, 0.25) is 0 Å². The largest absolute Gasteiger partial charge is 0.352 e. The van der Waals surface area contributed by atoms with Gasteiger partial charge in [-0.15, -0.1) is 24.0 Å². The summed E-state index contributed by atoms with van der Waals surface area (Å²) in [5, 5.41) is 16.2. The molecule has 0 spiro atoms. The van der Waals surface area contributed by atoms with Crippen LogP contribution in [-0.2, 0) is 33.0 Å². The molecule has 31 heavy (non-hydrogen) atoms. The lowest BCUT2D eigenvalue weighted by atomic mass is 10.1. The highest BCUT2D eigenvalue weighted by atomic mass is 127. The van der Waals surface area contributed by atoms with Gasteiger partial charge < -0.3 is 10.6 Å². The van der Waals surface area contributed by atoms with Gasteiger partial charge in [0.2, 0.25) is 0 Å². The predicted octanol–water partition coefficient (Wildman–Crippen LogP) is 3.83. The van der Waals surface area contributed by atoms with Crippen molar-refractivity contribution in [3.63, 3.8) is 0 Å². The minimum Gasteiger partial charge on any atom is -0.352 e. The Balaban J connectivity index is 0.00000341. The van der Waals surface area contributed by atoms with Gasteiger partial charge in [0.1, 0.15) is 0 Å². The maximum absolute atomic E-state index is 4.66. The molecule has 3 aromatic rings. The van der Waals surface area contributed by atoms with E-state index in [1.165, 1.54) is 11.3 Å². The fraction of sp³-hybridized carbons (Fsp3) is 0.435. The number of hydrogen-bond donors (Lipinski definition) is 2. The lowest BCUT2D eigenvalue weighted by Crippen LogP contribution is -2.36. The molecule has 0 fully saturated rings. The summed E-state index contributed by atoms with van der Waals surface area (Å²) in [6, 6.07) is 10.4. The molecule has 168 valence electrons. The Morgan fingerprint density at radius 1 is 1.03 bits per heavy atom. The Bertz CT molecular complexity index is 1030. The number of rotatable bonds is 7. The second-order valence-corrected chi connectivity index (χ2v) is 7.45. The number of nitrogens with zero attached hydrogens (tertiary/aromatic N) is 5. The zero-order chi connectivity index (χ0) is 21.7. The van der Waals surface area contributed by atoms with E-state index in [2.05, 4.69) is 70.9 Å². The molecule has 0 saturated carbocycles. The zero-order valence-corrected chi connectivity index (χ0v) is 21.7. The first kappa shape index (κ1) is 24.9. The molecule has 8 heteroatoms. The van der Waals surface area contributed by atoms with Crippen molar-refractivity contribution in [1.29, 1.82) is 0 Å². The molecule has 0 aliphatic heterocycles. The lowest BCUT2D eigenvalue weighted by molar-refractivity contribution is 0.702. The molecule has 2 N–H and O–H groups in total. The van der Waals surface area contributed by atoms with Gasteiger partial charge in [-0.3, -0.25) is 9.67 Å². The quantitative estimate of drug-likeness (QED) is 0.274. The minimum absolute atomic E-state index is 0. The zero-order valence-electron chi connectivity index (χ0n) is 19.4. The second kappa shape index (κ2) is 11.3. The maximum Gasteiger partial charge on any atom is 0.191 e. The van der Waals surface area contributed by atoms with Gasteiger partial charge in [0.05, 0.1) is 17.1 Å². The van der Waals surface area contributed by atoms with Crippen molar-refractivity contribution in [3.05, 3.63) is 64.2 Å². The van der Waals surface area contributed by atoms with Crippen molar-refractivity contribution in [2.75, 3.05) is 7.05 Å². The van der Waals surface area contributed by atoms with E-state index < -0.39 is 0 Å². The number of aromatic nitrogens is 4. The molecule has 0 aliphatic rings. The topological polar surface area (TPSA) is 72.1 Å². The molecule has 0 bridgehead atoms. The van der Waals surface area contributed by atoms with Gasteiger partial charge in [0, 0.05) is 44.1 Å². The summed E-state index contributed by atoms with van der Waals surface area (Å²) in [5.41, 5.74) is 8.07. The standard InChI is InChI=1S/C23H33N7.HI/c1-7-20-19(21(8-2)29(6)28-20)15-26-23(24-5)25-14-18-11-9-10-12-22(18)30-17(4)13-16(3)27-30;/h9-13H,7-8,14-15H2,1-6H3,(H2,24,25,26);1H. The fourth-order valence-corrected chi connectivity index (χ4v) is 3.91. The maximum atomic E-state index is 4.66. The first-order valence-electron chi connectivity index (χ1n) is 10.6. The Kier molecular flexibility index (Phi) is 9.09. The highest BCUT2D eigenvalue weighted by Crippen LogP contribution is 2.17. The van der Waals surface area contributed by atoms with Crippen LogP contribution < -0.4 is 10.6 Å². The normalized spacial score (nSPS) is 11.4. The number of aryl methyl sites for hydroxylation is 4. The smallest absolute Gasteiger partial charge is 0.191 e. The van der Waals surface area contributed by atoms with E-state index in [9.17, 15) is 0 Å². The number of guanidine groups is 1. The van der Waals surface area contributed by atoms with Crippen molar-refractivity contribution >= 4 is 29.9 Å². The Hall–Kier alpha value is -2.36. The summed E-state index contributed by atoms with van der Waals surface area (Å²) in [6.07, 6.45) is 1.88. The number of nitrogens with one attached hydrogen (secondary N) is 2. The van der Waals surface area contributed by atoms with E-state index in [4.69, 9.17) is 0 Å². The van der Waals surface area contributed by atoms with Crippen molar-refractivity contribution in [1.82, 2.24) is 30.2 Å². The number of halogens is 1. The Morgan fingerprint density at radius 3 is 2.35 bits per heavy atom. The third-order valence-corrected chi connectivity index (χ3v) is 5.36. The van der Waals surface area contributed by atoms with E-state index in [1.54, 1.807) is 7.05 Å². The van der Waals surface area contributed by atoms with Gasteiger partial charge in [-0.05, 0) is 44.4 Å². The summed E-state index contributed by atoms with van der Waals surface area (Å²) in [4.78, 5) is 4.40. The van der Waals surface area contributed by atoms with E-state index >= 15 is 0 Å². The number of benzene rings is 1. The van der Waals surface area contributed by atoms with E-state index in [-0.39, 0.29) is 24.0 Å². The molecule has 1 aromatic carbocycles. The number of hydrogen-bond acceptors (Lipinski definition) is 3. The van der Waals surface area contributed by atoms with Gasteiger partial charge in [-0.1, -0.05) is 32.0 Å². The van der Waals surface area contributed by atoms with E-state index in [1.807, 2.05) is 29.4 Å². The van der Waals surface area contributed by atoms with Crippen molar-refractivity contribution < 1.29 is 0 Å². The Morgan fingerprint density at radius 2 is 1.74 bits per heavy atom. The molecule has 0 amide bonds. The number of aliphatic imine (C=N–C) groups is 1. The summed E-state index contributed by atoms with van der Waals surface area (Å²) in [5.74, 6) is 0.770. The highest BCUT2D eigenvalue weighted by molar-refractivity contribution is 14.0. The Labute approximate surface area is 202 Å². The van der Waals surface area contributed by atoms with Gasteiger partial charge >= 0.3 is 0 Å². The first-order chi connectivity index (χ1) is 14.5. The summed E-state index contributed by atoms with van der Waals surface area (Å²) in [6.45, 7) is 9.78. The fourth-order valence-electron chi connectivity index (χ4n) is 3.91. The minimum atomic E-state index is 0. The SMILES string of the molecule is CCc1nn(C)c(CC)c1CNC(=NC)NCc1ccccc1-n1nc(C)cc1C.I. The summed E-state index contributed by atoms with van der Waals surface area (Å²) < 4.78 is 4.00. The van der Waals surface area contributed by atoms with Gasteiger partial charge in [0.15, 0.2) is 5.96 Å². The lowest BCUT2D eigenvalue weighted by Gasteiger charge is -2.15. The molecule has 7 nitrogen and oxygen atoms in total. The van der Waals surface area contributed by atoms with Gasteiger partial charge in [-0.25, -0.2) is 4.68 Å². The van der Waals surface area contributed by atoms with Crippen LogP contribution in [-0.4, -0.2) is 32.6 Å². The van der Waals surface area contributed by atoms with Gasteiger partial charge in [-0.2, -0.15) is 10.2 Å². The molecule has 0 saturated heterocycles. The molecular formula is C23H34IN7. The molecule has 3 rings (SSSR count). The van der Waals surface area contributed by atoms with Gasteiger partial charge in [0.25, 0.3) is 0 Å². The van der Waals surface area contributed by atoms with Crippen LogP contribution in [0.5, 0.6) is 0 Å². The van der Waals surface area contributed by atoms with Crippen LogP contribution >= 0.6 is 24.0 Å². The average molecular weight is 535 g/mol. The number of para-hydroxylation sites is 1. The first-order valence-corrected chi connectivity index (χ1v) is 10.6. The van der Waals surface area contributed by atoms with Crippen LogP contribution in [0.25, 0.3) is 5.69 Å². The predicted molar refractivity (Wildman–Crippen MR) is 137 cm³/mol. The highest BCUT2D eigenvalue weighted by Gasteiger charge is 2.14. The monoisotopic (exact) mass is 535 g/mol. The van der Waals surface area contributed by atoms with E-state index in [0.29, 0.717) is 13.1 Å². The molecule has 2 heterocycles. The molecule has 2 aromatic heterocycles. The second-order valence-electron chi connectivity index (χ2n) is 7.45. The molecule has 0 atom stereocenters. The van der Waals surface area contributed by atoms with Crippen LogP contribution in [0.15, 0.2) is 35.3 Å². The molecule has 0 radical (unpaired) electrons. The van der Waals surface area contributed by atoms with Crippen LogP contribution in [0, 0.1) is 13.8 Å². The molecule has 0 unspecified atom stereocenters. The van der Waals surface area contributed by atoms with Crippen molar-refractivity contribution in [2.45, 2.75) is 53.6 Å². The third-order valence-electron chi connectivity index (χ3n) is 5.36.